The van der Waals surface area contributed by atoms with Gasteiger partial charge in [0.05, 0.1) is 17.4 Å². The van der Waals surface area contributed by atoms with Crippen LogP contribution in [-0.4, -0.2) is 62.0 Å². The first-order chi connectivity index (χ1) is 17.5. The highest BCUT2D eigenvalue weighted by molar-refractivity contribution is 6.09. The molecule has 0 bridgehead atoms. The number of benzene rings is 1. The molecule has 4 N–H and O–H groups in total. The zero-order valence-corrected chi connectivity index (χ0v) is 20.5. The lowest BCUT2D eigenvalue weighted by Gasteiger charge is -2.17. The first-order valence-electron chi connectivity index (χ1n) is 11.6. The van der Waals surface area contributed by atoms with Gasteiger partial charge in [0.15, 0.2) is 11.5 Å². The summed E-state index contributed by atoms with van der Waals surface area (Å²) in [5.74, 6) is -0.735. The van der Waals surface area contributed by atoms with Gasteiger partial charge in [0.1, 0.15) is 11.3 Å². The number of hydrogen-bond donors (Lipinski definition) is 3. The van der Waals surface area contributed by atoms with E-state index in [0.29, 0.717) is 28.4 Å². The molecule has 0 amide bonds. The van der Waals surface area contributed by atoms with Gasteiger partial charge in [-0.1, -0.05) is 12.1 Å². The number of nitrogens with two attached hydrogens (primary N) is 1. The standard InChI is InChI=1S/C24H27F3N8O2/c1-13(15-6-7-15)30-19-18-20(32-21(31-19)23(36)37)33-22(16(10-28)11-29-34(2)3)35(18)12-14-4-8-17(9-5-14)24(25,26)27/h4-5,8-11,13,15H,6-7,12,28H2,1-3H3,(H,36,37)(H,30,31,32)/t13-/m1/s1. The summed E-state index contributed by atoms with van der Waals surface area (Å²) in [5, 5.41) is 18.7. The van der Waals surface area contributed by atoms with Crippen LogP contribution in [0.15, 0.2) is 35.6 Å². The number of carboxylic acid groups (broad SMARTS) is 1. The summed E-state index contributed by atoms with van der Waals surface area (Å²) in [7, 11) is 3.45. The number of carbonyl (C=O) groups is 1. The Morgan fingerprint density at radius 2 is 1.95 bits per heavy atom. The first-order valence-corrected chi connectivity index (χ1v) is 11.6. The molecule has 0 radical (unpaired) electrons. The van der Waals surface area contributed by atoms with E-state index in [0.717, 1.165) is 25.0 Å². The molecule has 0 unspecified atom stereocenters. The number of hydrazone groups is 1. The van der Waals surface area contributed by atoms with Gasteiger partial charge >= 0.3 is 12.1 Å². The second kappa shape index (κ2) is 10.1. The maximum atomic E-state index is 13.1. The molecule has 1 saturated carbocycles. The highest BCUT2D eigenvalue weighted by atomic mass is 19.4. The minimum absolute atomic E-state index is 0.0115. The number of carboxylic acids is 1. The van der Waals surface area contributed by atoms with E-state index in [-0.39, 0.29) is 24.1 Å². The van der Waals surface area contributed by atoms with Crippen molar-refractivity contribution in [1.82, 2.24) is 24.5 Å². The molecule has 1 aromatic carbocycles. The molecule has 196 valence electrons. The summed E-state index contributed by atoms with van der Waals surface area (Å²) in [5.41, 5.74) is 6.60. The van der Waals surface area contributed by atoms with Gasteiger partial charge in [0.25, 0.3) is 0 Å². The van der Waals surface area contributed by atoms with Gasteiger partial charge in [-0.15, -0.1) is 0 Å². The molecule has 0 spiro atoms. The normalized spacial score (nSPS) is 15.4. The monoisotopic (exact) mass is 516 g/mol. The third kappa shape index (κ3) is 5.81. The summed E-state index contributed by atoms with van der Waals surface area (Å²) in [6, 6.07) is 4.79. The number of fused-ring (bicyclic) bond motifs is 1. The van der Waals surface area contributed by atoms with Gasteiger partial charge in [-0.2, -0.15) is 18.3 Å². The fourth-order valence-electron chi connectivity index (χ4n) is 3.87. The lowest BCUT2D eigenvalue weighted by Crippen LogP contribution is -2.20. The van der Waals surface area contributed by atoms with Crippen molar-refractivity contribution in [3.8, 4) is 0 Å². The van der Waals surface area contributed by atoms with E-state index < -0.39 is 23.5 Å². The minimum atomic E-state index is -4.46. The molecular formula is C24H27F3N8O2. The van der Waals surface area contributed by atoms with Crippen molar-refractivity contribution in [2.75, 3.05) is 19.4 Å². The summed E-state index contributed by atoms with van der Waals surface area (Å²) >= 11 is 0. The first kappa shape index (κ1) is 25.9. The molecule has 1 fully saturated rings. The number of rotatable bonds is 9. The smallest absolute Gasteiger partial charge is 0.416 e. The Kier molecular flexibility index (Phi) is 7.05. The van der Waals surface area contributed by atoms with Crippen LogP contribution in [0.2, 0.25) is 0 Å². The largest absolute Gasteiger partial charge is 0.475 e. The summed E-state index contributed by atoms with van der Waals surface area (Å²) < 4.78 is 41.0. The second-order valence-electron chi connectivity index (χ2n) is 9.07. The molecule has 13 heteroatoms. The molecular weight excluding hydrogens is 489 g/mol. The van der Waals surface area contributed by atoms with Crippen molar-refractivity contribution in [3.63, 3.8) is 0 Å². The molecule has 1 aliphatic rings. The predicted octanol–water partition coefficient (Wildman–Crippen LogP) is 3.65. The molecule has 2 heterocycles. The van der Waals surface area contributed by atoms with Crippen molar-refractivity contribution in [2.24, 2.45) is 16.8 Å². The van der Waals surface area contributed by atoms with Gasteiger partial charge in [0.2, 0.25) is 5.82 Å². The quantitative estimate of drug-likeness (QED) is 0.290. The molecule has 3 aromatic rings. The van der Waals surface area contributed by atoms with Crippen LogP contribution < -0.4 is 11.1 Å². The van der Waals surface area contributed by atoms with Crippen LogP contribution in [0.1, 0.15) is 47.3 Å². The Hall–Kier alpha value is -4.16. The van der Waals surface area contributed by atoms with Gasteiger partial charge in [-0.05, 0) is 43.4 Å². The molecule has 10 nitrogen and oxygen atoms in total. The molecule has 1 aliphatic carbocycles. The number of hydrogen-bond acceptors (Lipinski definition) is 8. The number of aromatic nitrogens is 4. The third-order valence-corrected chi connectivity index (χ3v) is 5.98. The van der Waals surface area contributed by atoms with E-state index in [1.165, 1.54) is 24.5 Å². The van der Waals surface area contributed by atoms with Crippen LogP contribution in [0.4, 0.5) is 19.0 Å². The SMILES string of the molecule is C[C@@H](Nc1nc(C(=O)O)nc2nc(C(C=NN(C)C)=CN)n(Cc3ccc(C(F)(F)F)cc3)c12)C1CC1. The van der Waals surface area contributed by atoms with Gasteiger partial charge in [-0.25, -0.2) is 19.7 Å². The lowest BCUT2D eigenvalue weighted by molar-refractivity contribution is -0.137. The number of halogens is 3. The van der Waals surface area contributed by atoms with E-state index in [2.05, 4.69) is 25.4 Å². The Balaban J connectivity index is 1.90. The number of aromatic carboxylic acids is 1. The van der Waals surface area contributed by atoms with Crippen LogP contribution in [0.5, 0.6) is 0 Å². The van der Waals surface area contributed by atoms with Crippen LogP contribution >= 0.6 is 0 Å². The third-order valence-electron chi connectivity index (χ3n) is 5.98. The van der Waals surface area contributed by atoms with Gasteiger partial charge < -0.3 is 25.7 Å². The summed E-state index contributed by atoms with van der Waals surface area (Å²) in [6.45, 7) is 2.08. The molecule has 0 aliphatic heterocycles. The summed E-state index contributed by atoms with van der Waals surface area (Å²) in [6.07, 6.45) is 0.413. The van der Waals surface area contributed by atoms with E-state index in [9.17, 15) is 23.1 Å². The van der Waals surface area contributed by atoms with Crippen molar-refractivity contribution in [3.05, 3.63) is 53.2 Å². The summed E-state index contributed by atoms with van der Waals surface area (Å²) in [4.78, 5) is 24.7. The number of anilines is 1. The number of alkyl halides is 3. The second-order valence-corrected chi connectivity index (χ2v) is 9.07. The maximum Gasteiger partial charge on any atom is 0.416 e. The minimum Gasteiger partial charge on any atom is -0.475 e. The zero-order valence-electron chi connectivity index (χ0n) is 20.5. The van der Waals surface area contributed by atoms with E-state index in [1.54, 1.807) is 23.7 Å². The Morgan fingerprint density at radius 1 is 1.27 bits per heavy atom. The van der Waals surface area contributed by atoms with Crippen molar-refractivity contribution in [1.29, 1.82) is 0 Å². The molecule has 37 heavy (non-hydrogen) atoms. The molecule has 2 aromatic heterocycles. The number of nitrogens with zero attached hydrogens (tertiary/aromatic N) is 6. The molecule has 0 saturated heterocycles. The molecule has 1 atom stereocenters. The zero-order chi connectivity index (χ0) is 26.9. The van der Waals surface area contributed by atoms with E-state index in [4.69, 9.17) is 5.73 Å². The predicted molar refractivity (Wildman–Crippen MR) is 133 cm³/mol. The average Bonchev–Trinajstić information content (AvgIpc) is 3.62. The van der Waals surface area contributed by atoms with Crippen LogP contribution in [0, 0.1) is 5.92 Å². The van der Waals surface area contributed by atoms with Crippen molar-refractivity contribution in [2.45, 2.75) is 38.5 Å². The fraction of sp³-hybridized carbons (Fsp3) is 0.375. The molecule has 4 rings (SSSR count). The number of nitrogens with one attached hydrogen (secondary N) is 1. The van der Waals surface area contributed by atoms with Crippen molar-refractivity contribution >= 4 is 34.7 Å². The highest BCUT2D eigenvalue weighted by Crippen LogP contribution is 2.35. The van der Waals surface area contributed by atoms with E-state index >= 15 is 0 Å². The van der Waals surface area contributed by atoms with Gasteiger partial charge in [0, 0.05) is 32.9 Å². The topological polar surface area (TPSA) is 135 Å². The van der Waals surface area contributed by atoms with Crippen LogP contribution in [-0.2, 0) is 12.7 Å². The highest BCUT2D eigenvalue weighted by Gasteiger charge is 2.31. The Labute approximate surface area is 210 Å². The number of imidazole rings is 1. The van der Waals surface area contributed by atoms with Crippen molar-refractivity contribution < 1.29 is 23.1 Å². The Morgan fingerprint density at radius 3 is 2.49 bits per heavy atom. The van der Waals surface area contributed by atoms with Crippen LogP contribution in [0.3, 0.4) is 0 Å². The number of allylic oxidation sites excluding steroid dienone is 1. The fourth-order valence-corrected chi connectivity index (χ4v) is 3.87. The van der Waals surface area contributed by atoms with Crippen LogP contribution in [0.25, 0.3) is 16.7 Å². The maximum absolute atomic E-state index is 13.1. The van der Waals surface area contributed by atoms with E-state index in [1.807, 2.05) is 6.92 Å². The lowest BCUT2D eigenvalue weighted by atomic mass is 10.1. The van der Waals surface area contributed by atoms with Gasteiger partial charge in [-0.3, -0.25) is 0 Å². The Bertz CT molecular complexity index is 1360. The average molecular weight is 517 g/mol.